The number of hydrogen-bond donors (Lipinski definition) is 0. The van der Waals surface area contributed by atoms with Crippen molar-refractivity contribution < 1.29 is 0 Å². The van der Waals surface area contributed by atoms with Gasteiger partial charge in [0, 0.05) is 90.6 Å². The molecule has 2 unspecified atom stereocenters. The van der Waals surface area contributed by atoms with E-state index in [1.165, 1.54) is 111 Å². The lowest BCUT2D eigenvalue weighted by molar-refractivity contribution is 0.618. The van der Waals surface area contributed by atoms with E-state index in [0.717, 1.165) is 112 Å². The summed E-state index contributed by atoms with van der Waals surface area (Å²) in [5.41, 5.74) is 35.6. The van der Waals surface area contributed by atoms with Crippen LogP contribution >= 0.6 is 0 Å². The van der Waals surface area contributed by atoms with E-state index < -0.39 is 0 Å². The fraction of sp³-hybridized carbons (Fsp3) is 0.115. The maximum atomic E-state index is 5.51. The molecule has 0 aliphatic carbocycles. The summed E-state index contributed by atoms with van der Waals surface area (Å²) in [4.78, 5) is 32.6. The van der Waals surface area contributed by atoms with Crippen molar-refractivity contribution in [3.63, 3.8) is 0 Å². The molecule has 6 heteroatoms. The molecular weight excluding hydrogens is 1550 g/mol. The summed E-state index contributed by atoms with van der Waals surface area (Å²) >= 11 is 0. The van der Waals surface area contributed by atoms with Crippen molar-refractivity contribution >= 4 is 65.4 Å². The zero-order valence-corrected chi connectivity index (χ0v) is 73.7. The van der Waals surface area contributed by atoms with Crippen LogP contribution in [0, 0.1) is 13.8 Å². The summed E-state index contributed by atoms with van der Waals surface area (Å²) in [5.74, 6) is 0.265. The van der Waals surface area contributed by atoms with Crippen LogP contribution in [0.2, 0.25) is 0 Å². The smallest absolute Gasteiger partial charge is 0.0974 e. The molecule has 0 saturated carbocycles. The van der Waals surface area contributed by atoms with Crippen molar-refractivity contribution in [2.45, 2.75) is 90.9 Å². The van der Waals surface area contributed by atoms with Crippen molar-refractivity contribution in [2.75, 3.05) is 0 Å². The lowest BCUT2D eigenvalue weighted by atomic mass is 9.79. The predicted molar refractivity (Wildman–Crippen MR) is 537 cm³/mol. The van der Waals surface area contributed by atoms with E-state index in [9.17, 15) is 0 Å². The second kappa shape index (κ2) is 36.1. The monoisotopic (exact) mass is 1650 g/mol. The van der Waals surface area contributed by atoms with Gasteiger partial charge in [-0.05, 0) is 162 Å². The molecule has 128 heavy (non-hydrogen) atoms. The molecule has 6 aromatic heterocycles. The van der Waals surface area contributed by atoms with E-state index in [1.807, 2.05) is 0 Å². The molecule has 21 aromatic rings. The van der Waals surface area contributed by atoms with E-state index in [-0.39, 0.29) is 22.7 Å². The van der Waals surface area contributed by atoms with Crippen LogP contribution in [0.4, 0.5) is 0 Å². The number of fused-ring (bicyclic) bond motifs is 9. The first-order valence-electron chi connectivity index (χ1n) is 44.6. The van der Waals surface area contributed by atoms with Crippen LogP contribution in [0.15, 0.2) is 425 Å². The average Bonchev–Trinajstić information content (AvgIpc) is 0.739. The molecule has 0 bridgehead atoms. The molecule has 0 fully saturated rings. The predicted octanol–water partition coefficient (Wildman–Crippen LogP) is 31.1. The first kappa shape index (κ1) is 82.4. The highest BCUT2D eigenvalue weighted by Crippen LogP contribution is 2.46. The van der Waals surface area contributed by atoms with Gasteiger partial charge in [0.1, 0.15) is 0 Å². The third-order valence-electron chi connectivity index (χ3n) is 26.0. The van der Waals surface area contributed by atoms with Gasteiger partial charge in [-0.3, -0.25) is 9.97 Å². The van der Waals surface area contributed by atoms with Gasteiger partial charge in [-0.1, -0.05) is 430 Å². The van der Waals surface area contributed by atoms with Gasteiger partial charge in [-0.15, -0.1) is 0 Å². The Bertz CT molecular complexity index is 7090. The molecule has 0 aliphatic rings. The summed E-state index contributed by atoms with van der Waals surface area (Å²) in [7, 11) is 0. The molecule has 0 radical (unpaired) electrons. The Kier molecular flexibility index (Phi) is 23.3. The Balaban J connectivity index is 0.000000125. The summed E-state index contributed by atoms with van der Waals surface area (Å²) in [6.07, 6.45) is 1.54. The maximum Gasteiger partial charge on any atom is 0.0974 e. The minimum atomic E-state index is -0.315. The van der Waals surface area contributed by atoms with Gasteiger partial charge in [0.25, 0.3) is 0 Å². The SMILES string of the molecule is CC(C)(c1ccccc1)c1cc(-c2ccccc2)c2ccc3c(-c4ccccc4)cc(C(C)(C)c4ccccc4)nc3c2n1.CC(c1ccccc1)c1cc(-c2ccccc2)c2ccc3c(-c4ccccc4)cc(C(C)c4ccccc4)nc3c2n1.Cc1ccccc1Cc1cc(-c2ccccc2)c2ccc3c(-c4ccccc4)cc(Cc4ccccc4C)nc3c2n1. The highest BCUT2D eigenvalue weighted by molar-refractivity contribution is 6.15. The van der Waals surface area contributed by atoms with E-state index in [2.05, 4.69) is 480 Å². The number of benzene rings is 15. The molecule has 618 valence electrons. The van der Waals surface area contributed by atoms with Gasteiger partial charge in [-0.2, -0.15) is 0 Å². The van der Waals surface area contributed by atoms with Gasteiger partial charge in [0.15, 0.2) is 0 Å². The molecule has 0 amide bonds. The molecule has 0 N–H and O–H groups in total. The third kappa shape index (κ3) is 16.8. The number of pyridine rings is 6. The Morgan fingerprint density at radius 1 is 0.219 bits per heavy atom. The number of rotatable bonds is 18. The van der Waals surface area contributed by atoms with Crippen LogP contribution in [0.1, 0.15) is 132 Å². The van der Waals surface area contributed by atoms with Crippen LogP contribution in [-0.2, 0) is 23.7 Å². The van der Waals surface area contributed by atoms with Crippen LogP contribution in [0.3, 0.4) is 0 Å². The first-order chi connectivity index (χ1) is 62.6. The molecule has 0 saturated heterocycles. The van der Waals surface area contributed by atoms with E-state index in [0.29, 0.717) is 0 Å². The van der Waals surface area contributed by atoms with Crippen molar-refractivity contribution in [3.8, 4) is 66.8 Å². The molecular formula is C122H100N6. The van der Waals surface area contributed by atoms with Gasteiger partial charge < -0.3 is 0 Å². The van der Waals surface area contributed by atoms with E-state index in [4.69, 9.17) is 29.9 Å². The molecule has 15 aromatic carbocycles. The third-order valence-corrected chi connectivity index (χ3v) is 26.0. The lowest BCUT2D eigenvalue weighted by Crippen LogP contribution is -2.21. The maximum absolute atomic E-state index is 5.51. The number of aryl methyl sites for hydroxylation is 2. The van der Waals surface area contributed by atoms with Crippen LogP contribution < -0.4 is 0 Å². The van der Waals surface area contributed by atoms with Crippen LogP contribution in [0.5, 0.6) is 0 Å². The fourth-order valence-corrected chi connectivity index (χ4v) is 18.3. The average molecular weight is 1650 g/mol. The van der Waals surface area contributed by atoms with Crippen molar-refractivity contribution in [2.24, 2.45) is 0 Å². The quantitative estimate of drug-likeness (QED) is 0.0797. The highest BCUT2D eigenvalue weighted by atomic mass is 14.8. The first-order valence-corrected chi connectivity index (χ1v) is 44.6. The standard InChI is InChI=1S/C42H36N2.2C40H32N2/c1-41(2,31-21-13-7-14-22-31)37-27-35(29-17-9-5-10-18-29)33-25-26-34-36(30-19-11-6-12-20-30)28-38(44-40(34)39(33)43-37)42(3,4)32-23-15-8-16-24-32;1-27(29-15-7-3-8-16-29)37-25-35(31-19-11-5-12-20-31)33-23-24-34-36(32-21-13-6-14-22-32)26-38(42-40(34)39(33)41-37)28(2)30-17-9-4-10-18-30;1-27-13-9-11-19-31(27)23-33-25-37(29-15-5-3-6-16-29)35-21-22-36-38(30-17-7-4-8-18-30)26-34(42-40(36)39(35)41-33)24-32-20-12-10-14-28(32)2/h5-28H,1-4H3;3-28H,1-2H3;3-22,25-26H,23-24H2,1-2H3. The van der Waals surface area contributed by atoms with Crippen molar-refractivity contribution in [1.82, 2.24) is 29.9 Å². The van der Waals surface area contributed by atoms with Crippen LogP contribution in [0.25, 0.3) is 132 Å². The number of nitrogens with zero attached hydrogens (tertiary/aromatic N) is 6. The second-order valence-corrected chi connectivity index (χ2v) is 34.8. The topological polar surface area (TPSA) is 77.3 Å². The summed E-state index contributed by atoms with van der Waals surface area (Å²) in [5, 5.41) is 6.71. The Morgan fingerprint density at radius 3 is 0.711 bits per heavy atom. The van der Waals surface area contributed by atoms with Gasteiger partial charge >= 0.3 is 0 Å². The van der Waals surface area contributed by atoms with E-state index in [1.54, 1.807) is 0 Å². The largest absolute Gasteiger partial charge is 0.250 e. The van der Waals surface area contributed by atoms with E-state index >= 15 is 0 Å². The zero-order chi connectivity index (χ0) is 87.2. The number of aromatic nitrogens is 6. The Hall–Kier alpha value is -15.2. The summed E-state index contributed by atoms with van der Waals surface area (Å²) < 4.78 is 0. The normalized spacial score (nSPS) is 12.1. The minimum absolute atomic E-state index is 0.133. The van der Waals surface area contributed by atoms with Gasteiger partial charge in [-0.25, -0.2) is 19.9 Å². The summed E-state index contributed by atoms with van der Waals surface area (Å²) in [6.45, 7) is 17.9. The zero-order valence-electron chi connectivity index (χ0n) is 73.7. The molecule has 0 spiro atoms. The molecule has 6 nitrogen and oxygen atoms in total. The summed E-state index contributed by atoms with van der Waals surface area (Å²) in [6, 6.07) is 151. The lowest BCUT2D eigenvalue weighted by Gasteiger charge is -2.28. The molecule has 0 aliphatic heterocycles. The fourth-order valence-electron chi connectivity index (χ4n) is 18.3. The van der Waals surface area contributed by atoms with Gasteiger partial charge in [0.2, 0.25) is 0 Å². The molecule has 6 heterocycles. The molecule has 21 rings (SSSR count). The second-order valence-electron chi connectivity index (χ2n) is 34.8. The molecule has 2 atom stereocenters. The van der Waals surface area contributed by atoms with Crippen molar-refractivity contribution in [3.05, 3.63) is 503 Å². The minimum Gasteiger partial charge on any atom is -0.250 e. The van der Waals surface area contributed by atoms with Crippen LogP contribution in [-0.4, -0.2) is 29.9 Å². The van der Waals surface area contributed by atoms with Crippen molar-refractivity contribution in [1.29, 1.82) is 0 Å². The Morgan fingerprint density at radius 2 is 0.438 bits per heavy atom. The highest BCUT2D eigenvalue weighted by Gasteiger charge is 2.31. The Labute approximate surface area is 751 Å². The van der Waals surface area contributed by atoms with Gasteiger partial charge in [0.05, 0.1) is 44.5 Å². The number of hydrogen-bond acceptors (Lipinski definition) is 6.